The predicted molar refractivity (Wildman–Crippen MR) is 119 cm³/mol. The quantitative estimate of drug-likeness (QED) is 0.794. The van der Waals surface area contributed by atoms with E-state index in [2.05, 4.69) is 10.6 Å². The smallest absolute Gasteiger partial charge is 0.224 e. The molecule has 0 aromatic heterocycles. The molecule has 158 valence electrons. The van der Waals surface area contributed by atoms with E-state index in [1.54, 1.807) is 11.8 Å². The third kappa shape index (κ3) is 4.53. The highest BCUT2D eigenvalue weighted by Gasteiger charge is 2.33. The Hall–Kier alpha value is -3.15. The van der Waals surface area contributed by atoms with Crippen molar-refractivity contribution in [1.82, 2.24) is 5.32 Å². The van der Waals surface area contributed by atoms with E-state index in [1.807, 2.05) is 63.2 Å². The second-order valence-corrected chi connectivity index (χ2v) is 8.23. The number of hydrogen-bond acceptors (Lipinski definition) is 3. The summed E-state index contributed by atoms with van der Waals surface area (Å²) in [6.07, 6.45) is 0.653. The number of anilines is 2. The fourth-order valence-corrected chi connectivity index (χ4v) is 3.98. The topological polar surface area (TPSA) is 78.5 Å². The number of carbonyl (C=O) groups is 3. The molecule has 1 aliphatic rings. The van der Waals surface area contributed by atoms with Crippen LogP contribution in [0, 0.1) is 5.92 Å². The molecular weight excluding hydrogens is 378 g/mol. The molecule has 6 nitrogen and oxygen atoms in total. The van der Waals surface area contributed by atoms with Crippen LogP contribution in [0.2, 0.25) is 0 Å². The van der Waals surface area contributed by atoms with E-state index < -0.39 is 0 Å². The highest BCUT2D eigenvalue weighted by atomic mass is 16.2. The molecule has 1 aliphatic heterocycles. The van der Waals surface area contributed by atoms with Gasteiger partial charge in [-0.05, 0) is 54.3 Å². The predicted octanol–water partition coefficient (Wildman–Crippen LogP) is 4.27. The number of nitrogens with zero attached hydrogens (tertiary/aromatic N) is 1. The third-order valence-electron chi connectivity index (χ3n) is 5.38. The first-order valence-electron chi connectivity index (χ1n) is 10.3. The number of carbonyl (C=O) groups excluding carboxylic acids is 3. The van der Waals surface area contributed by atoms with Crippen molar-refractivity contribution in [2.24, 2.45) is 5.92 Å². The van der Waals surface area contributed by atoms with Crippen LogP contribution in [-0.2, 0) is 14.4 Å². The highest BCUT2D eigenvalue weighted by Crippen LogP contribution is 2.40. The molecule has 2 atom stereocenters. The van der Waals surface area contributed by atoms with E-state index in [-0.39, 0.29) is 35.7 Å². The summed E-state index contributed by atoms with van der Waals surface area (Å²) in [5, 5.41) is 5.95. The molecule has 0 spiro atoms. The summed E-state index contributed by atoms with van der Waals surface area (Å²) in [5.74, 6) is -0.266. The van der Waals surface area contributed by atoms with Crippen molar-refractivity contribution < 1.29 is 14.4 Å². The summed E-state index contributed by atoms with van der Waals surface area (Å²) in [7, 11) is 0. The Kier molecular flexibility index (Phi) is 6.25. The Balaban J connectivity index is 2.05. The van der Waals surface area contributed by atoms with Gasteiger partial charge in [-0.3, -0.25) is 14.4 Å². The maximum Gasteiger partial charge on any atom is 0.224 e. The minimum absolute atomic E-state index is 0.00696. The van der Waals surface area contributed by atoms with Gasteiger partial charge in [-0.2, -0.15) is 0 Å². The summed E-state index contributed by atoms with van der Waals surface area (Å²) in [5.41, 5.74) is 4.40. The molecule has 2 N–H and O–H groups in total. The van der Waals surface area contributed by atoms with Crippen molar-refractivity contribution in [2.45, 2.75) is 53.1 Å². The van der Waals surface area contributed by atoms with Crippen LogP contribution in [0.1, 0.15) is 52.6 Å². The number of benzene rings is 2. The van der Waals surface area contributed by atoms with Gasteiger partial charge >= 0.3 is 0 Å². The summed E-state index contributed by atoms with van der Waals surface area (Å²) in [6, 6.07) is 13.4. The van der Waals surface area contributed by atoms with Crippen molar-refractivity contribution >= 4 is 29.1 Å². The van der Waals surface area contributed by atoms with Crippen LogP contribution in [0.15, 0.2) is 42.5 Å². The standard InChI is InChI=1S/C24H29N3O3/c1-14(2)24(30)26-22-11-15(3)27(17(5)29)23-10-9-19(13-21(22)23)18-7-6-8-20(12-18)25-16(4)28/h6-10,12-15,22H,11H2,1-5H3,(H,25,28)(H,26,30)/t15-,22+/m0/s1. The van der Waals surface area contributed by atoms with Crippen molar-refractivity contribution in [3.8, 4) is 11.1 Å². The zero-order chi connectivity index (χ0) is 22.0. The van der Waals surface area contributed by atoms with E-state index in [9.17, 15) is 14.4 Å². The molecule has 0 fully saturated rings. The second kappa shape index (κ2) is 8.69. The lowest BCUT2D eigenvalue weighted by molar-refractivity contribution is -0.124. The van der Waals surface area contributed by atoms with Crippen molar-refractivity contribution in [3.05, 3.63) is 48.0 Å². The van der Waals surface area contributed by atoms with Gasteiger partial charge in [-0.15, -0.1) is 0 Å². The zero-order valence-corrected chi connectivity index (χ0v) is 18.2. The van der Waals surface area contributed by atoms with E-state index >= 15 is 0 Å². The van der Waals surface area contributed by atoms with E-state index in [1.165, 1.54) is 6.92 Å². The molecule has 6 heteroatoms. The van der Waals surface area contributed by atoms with E-state index in [0.717, 1.165) is 28.1 Å². The van der Waals surface area contributed by atoms with Gasteiger partial charge < -0.3 is 15.5 Å². The van der Waals surface area contributed by atoms with Crippen molar-refractivity contribution in [3.63, 3.8) is 0 Å². The Morgan fingerprint density at radius 2 is 1.73 bits per heavy atom. The van der Waals surface area contributed by atoms with Gasteiger partial charge in [0.15, 0.2) is 0 Å². The zero-order valence-electron chi connectivity index (χ0n) is 18.2. The Bertz CT molecular complexity index is 983. The fourth-order valence-electron chi connectivity index (χ4n) is 3.98. The maximum atomic E-state index is 12.4. The van der Waals surface area contributed by atoms with Crippen LogP contribution < -0.4 is 15.5 Å². The average molecular weight is 408 g/mol. The summed E-state index contributed by atoms with van der Waals surface area (Å²) in [6.45, 7) is 8.79. The lowest BCUT2D eigenvalue weighted by atomic mass is 9.88. The van der Waals surface area contributed by atoms with Gasteiger partial charge in [-0.25, -0.2) is 0 Å². The van der Waals surface area contributed by atoms with Gasteiger partial charge in [0.2, 0.25) is 17.7 Å². The fraction of sp³-hybridized carbons (Fsp3) is 0.375. The molecule has 1 heterocycles. The summed E-state index contributed by atoms with van der Waals surface area (Å²) >= 11 is 0. The lowest BCUT2D eigenvalue weighted by Gasteiger charge is -2.39. The van der Waals surface area contributed by atoms with Crippen LogP contribution >= 0.6 is 0 Å². The molecule has 3 rings (SSSR count). The molecule has 0 aliphatic carbocycles. The average Bonchev–Trinajstić information content (AvgIpc) is 2.67. The molecule has 2 aromatic rings. The van der Waals surface area contributed by atoms with Crippen LogP contribution in [0.25, 0.3) is 11.1 Å². The molecule has 3 amide bonds. The molecular formula is C24H29N3O3. The molecule has 0 radical (unpaired) electrons. The number of fused-ring (bicyclic) bond motifs is 1. The molecule has 0 bridgehead atoms. The van der Waals surface area contributed by atoms with Crippen LogP contribution in [0.5, 0.6) is 0 Å². The largest absolute Gasteiger partial charge is 0.349 e. The number of amides is 3. The Morgan fingerprint density at radius 1 is 1.03 bits per heavy atom. The Morgan fingerprint density at radius 3 is 2.37 bits per heavy atom. The minimum Gasteiger partial charge on any atom is -0.349 e. The van der Waals surface area contributed by atoms with E-state index in [0.29, 0.717) is 6.42 Å². The summed E-state index contributed by atoms with van der Waals surface area (Å²) in [4.78, 5) is 37.9. The number of nitrogens with one attached hydrogen (secondary N) is 2. The van der Waals surface area contributed by atoms with Crippen molar-refractivity contribution in [1.29, 1.82) is 0 Å². The van der Waals surface area contributed by atoms with Gasteiger partial charge in [0, 0.05) is 37.2 Å². The first-order valence-corrected chi connectivity index (χ1v) is 10.3. The first kappa shape index (κ1) is 21.6. The molecule has 0 saturated carbocycles. The minimum atomic E-state index is -0.168. The van der Waals surface area contributed by atoms with Gasteiger partial charge in [0.1, 0.15) is 0 Å². The normalized spacial score (nSPS) is 18.0. The lowest BCUT2D eigenvalue weighted by Crippen LogP contribution is -2.46. The molecule has 0 unspecified atom stereocenters. The monoisotopic (exact) mass is 407 g/mol. The van der Waals surface area contributed by atoms with Crippen LogP contribution in [-0.4, -0.2) is 23.8 Å². The second-order valence-electron chi connectivity index (χ2n) is 8.23. The van der Waals surface area contributed by atoms with Crippen molar-refractivity contribution in [2.75, 3.05) is 10.2 Å². The van der Waals surface area contributed by atoms with Crippen LogP contribution in [0.3, 0.4) is 0 Å². The molecule has 2 aromatic carbocycles. The number of rotatable bonds is 4. The summed E-state index contributed by atoms with van der Waals surface area (Å²) < 4.78 is 0. The first-order chi connectivity index (χ1) is 14.2. The number of hydrogen-bond donors (Lipinski definition) is 2. The molecule has 0 saturated heterocycles. The van der Waals surface area contributed by atoms with E-state index in [4.69, 9.17) is 0 Å². The van der Waals surface area contributed by atoms with Gasteiger partial charge in [0.25, 0.3) is 0 Å². The highest BCUT2D eigenvalue weighted by molar-refractivity contribution is 5.95. The molecule has 30 heavy (non-hydrogen) atoms. The SMILES string of the molecule is CC(=O)Nc1cccc(-c2ccc3c(c2)[C@H](NC(=O)C(C)C)C[C@H](C)N3C(C)=O)c1. The van der Waals surface area contributed by atoms with Crippen LogP contribution in [0.4, 0.5) is 11.4 Å². The maximum absolute atomic E-state index is 12.4. The van der Waals surface area contributed by atoms with Gasteiger partial charge in [-0.1, -0.05) is 32.0 Å². The Labute approximate surface area is 177 Å². The third-order valence-corrected chi connectivity index (χ3v) is 5.38. The van der Waals surface area contributed by atoms with Gasteiger partial charge in [0.05, 0.1) is 6.04 Å².